The zero-order chi connectivity index (χ0) is 8.69. The van der Waals surface area contributed by atoms with Gasteiger partial charge >= 0.3 is 6.03 Å². The minimum absolute atomic E-state index is 0.174. The number of imidazole rings is 1. The summed E-state index contributed by atoms with van der Waals surface area (Å²) in [5, 5.41) is 2.45. The van der Waals surface area contributed by atoms with Crippen molar-refractivity contribution in [3.63, 3.8) is 0 Å². The second-order valence-corrected chi connectivity index (χ2v) is 1.53. The Morgan fingerprint density at radius 3 is 2.55 bits per heavy atom. The predicted molar refractivity (Wildman–Crippen MR) is 43.4 cm³/mol. The summed E-state index contributed by atoms with van der Waals surface area (Å²) in [7, 11) is 1.57. The monoisotopic (exact) mass is 155 g/mol. The van der Waals surface area contributed by atoms with Crippen LogP contribution in [-0.4, -0.2) is 22.6 Å². The van der Waals surface area contributed by atoms with E-state index in [2.05, 4.69) is 10.3 Å². The lowest BCUT2D eigenvalue weighted by molar-refractivity contribution is 0.244. The Hall–Kier alpha value is -1.32. The number of carbonyl (C=O) groups is 1. The molecule has 1 rings (SSSR count). The molecule has 0 saturated heterocycles. The molecule has 1 heterocycles. The minimum Gasteiger partial charge on any atom is -0.340 e. The highest BCUT2D eigenvalue weighted by Crippen LogP contribution is 1.81. The molecular formula is C7H13N3O. The van der Waals surface area contributed by atoms with Gasteiger partial charge in [-0.1, -0.05) is 13.8 Å². The summed E-state index contributed by atoms with van der Waals surface area (Å²) in [6.45, 7) is 4.00. The van der Waals surface area contributed by atoms with E-state index in [9.17, 15) is 4.79 Å². The molecule has 0 aromatic carbocycles. The van der Waals surface area contributed by atoms with Crippen molar-refractivity contribution in [3.8, 4) is 0 Å². The topological polar surface area (TPSA) is 46.9 Å². The van der Waals surface area contributed by atoms with Crippen LogP contribution in [0.3, 0.4) is 0 Å². The lowest BCUT2D eigenvalue weighted by Gasteiger charge is -1.95. The lowest BCUT2D eigenvalue weighted by Crippen LogP contribution is -2.22. The van der Waals surface area contributed by atoms with E-state index in [0.29, 0.717) is 0 Å². The molecule has 0 atom stereocenters. The van der Waals surface area contributed by atoms with Crippen LogP contribution in [0.4, 0.5) is 4.79 Å². The first-order chi connectivity index (χ1) is 5.34. The summed E-state index contributed by atoms with van der Waals surface area (Å²) >= 11 is 0. The smallest absolute Gasteiger partial charge is 0.326 e. The highest BCUT2D eigenvalue weighted by molar-refractivity contribution is 5.75. The fraction of sp³-hybridized carbons (Fsp3) is 0.429. The van der Waals surface area contributed by atoms with Crippen LogP contribution in [-0.2, 0) is 0 Å². The number of carbonyl (C=O) groups excluding carboxylic acids is 1. The standard InChI is InChI=1S/C5H7N3O.C2H6/c1-6-5(9)8-3-2-7-4-8;1-2/h2-4H,1H3,(H,6,9);1-2H3. The normalized spacial score (nSPS) is 7.91. The third-order valence-electron chi connectivity index (χ3n) is 0.953. The zero-order valence-electron chi connectivity index (χ0n) is 7.03. The van der Waals surface area contributed by atoms with Gasteiger partial charge in [-0.3, -0.25) is 4.57 Å². The number of nitrogens with zero attached hydrogens (tertiary/aromatic N) is 2. The van der Waals surface area contributed by atoms with Gasteiger partial charge in [-0.2, -0.15) is 0 Å². The molecule has 0 spiro atoms. The third kappa shape index (κ3) is 2.84. The Labute approximate surface area is 66.2 Å². The molecule has 62 valence electrons. The maximum atomic E-state index is 10.7. The van der Waals surface area contributed by atoms with E-state index in [-0.39, 0.29) is 6.03 Å². The van der Waals surface area contributed by atoms with E-state index in [1.807, 2.05) is 13.8 Å². The quantitative estimate of drug-likeness (QED) is 0.609. The minimum atomic E-state index is -0.174. The van der Waals surface area contributed by atoms with Crippen LogP contribution in [0.5, 0.6) is 0 Å². The van der Waals surface area contributed by atoms with Crippen molar-refractivity contribution in [3.05, 3.63) is 18.7 Å². The molecule has 0 saturated carbocycles. The summed E-state index contributed by atoms with van der Waals surface area (Å²) in [5.41, 5.74) is 0. The Kier molecular flexibility index (Phi) is 4.81. The molecule has 1 aromatic rings. The van der Waals surface area contributed by atoms with Crippen LogP contribution in [0.2, 0.25) is 0 Å². The van der Waals surface area contributed by atoms with Gasteiger partial charge in [0.1, 0.15) is 6.33 Å². The van der Waals surface area contributed by atoms with Crippen molar-refractivity contribution in [2.75, 3.05) is 7.05 Å². The molecule has 4 heteroatoms. The fourth-order valence-corrected chi connectivity index (χ4v) is 0.508. The van der Waals surface area contributed by atoms with Gasteiger partial charge in [-0.05, 0) is 0 Å². The number of hydrogen-bond donors (Lipinski definition) is 1. The molecule has 4 nitrogen and oxygen atoms in total. The maximum Gasteiger partial charge on any atom is 0.326 e. The van der Waals surface area contributed by atoms with Crippen LogP contribution >= 0.6 is 0 Å². The second kappa shape index (κ2) is 5.46. The Bertz CT molecular complexity index is 193. The Balaban J connectivity index is 0.000000461. The molecule has 1 amide bonds. The van der Waals surface area contributed by atoms with Crippen LogP contribution in [0.15, 0.2) is 18.7 Å². The van der Waals surface area contributed by atoms with Crippen molar-refractivity contribution in [2.24, 2.45) is 0 Å². The summed E-state index contributed by atoms with van der Waals surface area (Å²) in [5.74, 6) is 0. The maximum absolute atomic E-state index is 10.7. The average molecular weight is 155 g/mol. The van der Waals surface area contributed by atoms with Gasteiger partial charge in [-0.15, -0.1) is 0 Å². The number of aromatic nitrogens is 2. The summed E-state index contributed by atoms with van der Waals surface area (Å²) < 4.78 is 1.36. The average Bonchev–Trinajstić information content (AvgIpc) is 2.59. The van der Waals surface area contributed by atoms with Crippen LogP contribution < -0.4 is 5.32 Å². The van der Waals surface area contributed by atoms with E-state index >= 15 is 0 Å². The van der Waals surface area contributed by atoms with Gasteiger partial charge < -0.3 is 5.32 Å². The molecule has 0 aliphatic heterocycles. The van der Waals surface area contributed by atoms with E-state index in [4.69, 9.17) is 0 Å². The molecule has 1 N–H and O–H groups in total. The van der Waals surface area contributed by atoms with E-state index in [1.165, 1.54) is 10.9 Å². The second-order valence-electron chi connectivity index (χ2n) is 1.53. The fourth-order valence-electron chi connectivity index (χ4n) is 0.508. The number of amides is 1. The van der Waals surface area contributed by atoms with Gasteiger partial charge in [0, 0.05) is 19.4 Å². The van der Waals surface area contributed by atoms with Gasteiger partial charge in [0.15, 0.2) is 0 Å². The zero-order valence-corrected chi connectivity index (χ0v) is 7.03. The van der Waals surface area contributed by atoms with Gasteiger partial charge in [-0.25, -0.2) is 9.78 Å². The van der Waals surface area contributed by atoms with E-state index < -0.39 is 0 Å². The number of nitrogens with one attached hydrogen (secondary N) is 1. The summed E-state index contributed by atoms with van der Waals surface area (Å²) in [6.07, 6.45) is 4.58. The molecule has 0 radical (unpaired) electrons. The van der Waals surface area contributed by atoms with E-state index in [0.717, 1.165) is 0 Å². The predicted octanol–water partition coefficient (Wildman–Crippen LogP) is 1.10. The first-order valence-corrected chi connectivity index (χ1v) is 3.54. The summed E-state index contributed by atoms with van der Waals surface area (Å²) in [4.78, 5) is 14.4. The largest absolute Gasteiger partial charge is 0.340 e. The molecule has 0 unspecified atom stereocenters. The van der Waals surface area contributed by atoms with Crippen LogP contribution in [0.25, 0.3) is 0 Å². The SMILES string of the molecule is CC.CNC(=O)n1ccnc1. The highest BCUT2D eigenvalue weighted by atomic mass is 16.2. The molecule has 0 fully saturated rings. The van der Waals surface area contributed by atoms with Crippen molar-refractivity contribution in [1.29, 1.82) is 0 Å². The molecule has 11 heavy (non-hydrogen) atoms. The van der Waals surface area contributed by atoms with Gasteiger partial charge in [0.25, 0.3) is 0 Å². The van der Waals surface area contributed by atoms with Gasteiger partial charge in [0.05, 0.1) is 0 Å². The number of rotatable bonds is 0. The first kappa shape index (κ1) is 9.68. The lowest BCUT2D eigenvalue weighted by atomic mass is 10.8. The summed E-state index contributed by atoms with van der Waals surface area (Å²) in [6, 6.07) is -0.174. The molecule has 1 aromatic heterocycles. The van der Waals surface area contributed by atoms with Crippen molar-refractivity contribution in [2.45, 2.75) is 13.8 Å². The van der Waals surface area contributed by atoms with E-state index in [1.54, 1.807) is 19.4 Å². The molecule has 0 aliphatic carbocycles. The number of hydrogen-bond acceptors (Lipinski definition) is 2. The van der Waals surface area contributed by atoms with Crippen molar-refractivity contribution in [1.82, 2.24) is 14.9 Å². The van der Waals surface area contributed by atoms with Crippen LogP contribution in [0, 0.1) is 0 Å². The Morgan fingerprint density at radius 2 is 2.18 bits per heavy atom. The van der Waals surface area contributed by atoms with Crippen molar-refractivity contribution < 1.29 is 4.79 Å². The molecular weight excluding hydrogens is 142 g/mol. The highest BCUT2D eigenvalue weighted by Gasteiger charge is 1.95. The molecule has 0 bridgehead atoms. The first-order valence-electron chi connectivity index (χ1n) is 3.54. The molecule has 0 aliphatic rings. The Morgan fingerprint density at radius 1 is 1.55 bits per heavy atom. The third-order valence-corrected chi connectivity index (χ3v) is 0.953. The van der Waals surface area contributed by atoms with Gasteiger partial charge in [0.2, 0.25) is 0 Å². The van der Waals surface area contributed by atoms with Crippen molar-refractivity contribution >= 4 is 6.03 Å². The van der Waals surface area contributed by atoms with Crippen LogP contribution in [0.1, 0.15) is 13.8 Å².